The van der Waals surface area contributed by atoms with Gasteiger partial charge in [-0.25, -0.2) is 4.79 Å². The van der Waals surface area contributed by atoms with Gasteiger partial charge in [-0.3, -0.25) is 20.4 Å². The van der Waals surface area contributed by atoms with Gasteiger partial charge in [-0.1, -0.05) is 30.3 Å². The lowest BCUT2D eigenvalue weighted by Crippen LogP contribution is -2.51. The summed E-state index contributed by atoms with van der Waals surface area (Å²) < 4.78 is 16.0. The molecular weight excluding hydrogens is 378 g/mol. The molecule has 0 fully saturated rings. The fourth-order valence-electron chi connectivity index (χ4n) is 2.85. The van der Waals surface area contributed by atoms with Gasteiger partial charge in [0.1, 0.15) is 6.61 Å². The third-order valence-corrected chi connectivity index (χ3v) is 4.27. The Labute approximate surface area is 164 Å². The van der Waals surface area contributed by atoms with Gasteiger partial charge in [-0.05, 0) is 18.2 Å². The summed E-state index contributed by atoms with van der Waals surface area (Å²) in [6, 6.07) is 14.2. The molecule has 29 heavy (non-hydrogen) atoms. The summed E-state index contributed by atoms with van der Waals surface area (Å²) in [7, 11) is 0. The summed E-state index contributed by atoms with van der Waals surface area (Å²) in [5.74, 6) is -0.938. The molecular formula is C20H17N3O6. The molecule has 0 spiro atoms. The van der Waals surface area contributed by atoms with E-state index in [-0.39, 0.29) is 6.61 Å². The highest BCUT2D eigenvalue weighted by Crippen LogP contribution is 2.30. The van der Waals surface area contributed by atoms with Gasteiger partial charge in [0.15, 0.2) is 18.1 Å². The normalized spacial score (nSPS) is 14.8. The van der Waals surface area contributed by atoms with Crippen LogP contribution in [0, 0.1) is 0 Å². The van der Waals surface area contributed by atoms with E-state index in [0.717, 1.165) is 5.52 Å². The summed E-state index contributed by atoms with van der Waals surface area (Å²) in [6.45, 7) is -0.544. The van der Waals surface area contributed by atoms with Crippen molar-refractivity contribution in [3.05, 3.63) is 60.3 Å². The van der Waals surface area contributed by atoms with Crippen molar-refractivity contribution in [2.24, 2.45) is 0 Å². The number of amides is 2. The Hall–Kier alpha value is -4.01. The van der Waals surface area contributed by atoms with Crippen LogP contribution in [0.2, 0.25) is 0 Å². The van der Waals surface area contributed by atoms with E-state index < -0.39 is 30.5 Å². The number of hydrogen-bond donors (Lipinski definition) is 3. The van der Waals surface area contributed by atoms with Crippen LogP contribution in [0.15, 0.2) is 54.7 Å². The number of carbonyl (C=O) groups excluding carboxylic acids is 3. The van der Waals surface area contributed by atoms with Gasteiger partial charge in [0.05, 0.1) is 5.56 Å². The van der Waals surface area contributed by atoms with E-state index in [1.54, 1.807) is 36.4 Å². The first kappa shape index (κ1) is 18.4. The van der Waals surface area contributed by atoms with Crippen molar-refractivity contribution < 1.29 is 28.6 Å². The van der Waals surface area contributed by atoms with Crippen molar-refractivity contribution in [3.8, 4) is 11.5 Å². The van der Waals surface area contributed by atoms with E-state index in [4.69, 9.17) is 14.2 Å². The lowest BCUT2D eigenvalue weighted by Gasteiger charge is -2.25. The second-order valence-corrected chi connectivity index (χ2v) is 6.23. The van der Waals surface area contributed by atoms with E-state index >= 15 is 0 Å². The molecule has 0 bridgehead atoms. The highest BCUT2D eigenvalue weighted by atomic mass is 16.6. The van der Waals surface area contributed by atoms with Crippen LogP contribution in [0.1, 0.15) is 10.4 Å². The quantitative estimate of drug-likeness (QED) is 0.453. The van der Waals surface area contributed by atoms with Gasteiger partial charge in [0.2, 0.25) is 6.10 Å². The number of benzene rings is 2. The number of hydrazine groups is 1. The lowest BCUT2D eigenvalue weighted by molar-refractivity contribution is -0.135. The standard InChI is InChI=1S/C20H17N3O6/c24-18(11-28-20(26)13-9-21-14-6-2-1-5-12(13)14)22-23-19(25)17-10-27-15-7-3-4-8-16(15)29-17/h1-9,17,21H,10-11H2,(H,22,24)(H,23,25)/t17-/m1/s1. The number of ether oxygens (including phenoxy) is 3. The highest BCUT2D eigenvalue weighted by molar-refractivity contribution is 6.04. The summed E-state index contributed by atoms with van der Waals surface area (Å²) in [5, 5.41) is 0.695. The van der Waals surface area contributed by atoms with Gasteiger partial charge in [0, 0.05) is 17.1 Å². The van der Waals surface area contributed by atoms with Crippen LogP contribution in [0.25, 0.3) is 10.9 Å². The molecule has 3 aromatic rings. The second kappa shape index (κ2) is 7.93. The third kappa shape index (κ3) is 3.98. The second-order valence-electron chi connectivity index (χ2n) is 6.23. The molecule has 0 unspecified atom stereocenters. The number of para-hydroxylation sites is 3. The maximum atomic E-state index is 12.2. The Bertz CT molecular complexity index is 1080. The molecule has 2 heterocycles. The van der Waals surface area contributed by atoms with Crippen molar-refractivity contribution in [3.63, 3.8) is 0 Å². The molecule has 2 amide bonds. The molecule has 9 nitrogen and oxygen atoms in total. The number of carbonyl (C=O) groups is 3. The molecule has 9 heteroatoms. The number of nitrogens with one attached hydrogen (secondary N) is 3. The molecule has 3 N–H and O–H groups in total. The number of H-pyrrole nitrogens is 1. The smallest absolute Gasteiger partial charge is 0.340 e. The zero-order chi connectivity index (χ0) is 20.2. The molecule has 1 atom stereocenters. The zero-order valence-electron chi connectivity index (χ0n) is 15.1. The predicted molar refractivity (Wildman–Crippen MR) is 101 cm³/mol. The molecule has 2 aromatic carbocycles. The molecule has 0 saturated heterocycles. The predicted octanol–water partition coefficient (Wildman–Crippen LogP) is 1.31. The van der Waals surface area contributed by atoms with Crippen molar-refractivity contribution in [1.29, 1.82) is 0 Å². The fraction of sp³-hybridized carbons (Fsp3) is 0.150. The van der Waals surface area contributed by atoms with Crippen LogP contribution in [0.4, 0.5) is 0 Å². The Kier molecular flexibility index (Phi) is 5.02. The van der Waals surface area contributed by atoms with Gasteiger partial charge in [-0.15, -0.1) is 0 Å². The van der Waals surface area contributed by atoms with Crippen molar-refractivity contribution in [2.75, 3.05) is 13.2 Å². The SMILES string of the molecule is O=C(COC(=O)c1c[nH]c2ccccc12)NNC(=O)[C@H]1COc2ccccc2O1. The first-order valence-corrected chi connectivity index (χ1v) is 8.82. The summed E-state index contributed by atoms with van der Waals surface area (Å²) >= 11 is 0. The molecule has 0 radical (unpaired) electrons. The van der Waals surface area contributed by atoms with E-state index in [9.17, 15) is 14.4 Å². The lowest BCUT2D eigenvalue weighted by atomic mass is 10.2. The van der Waals surface area contributed by atoms with E-state index in [0.29, 0.717) is 22.4 Å². The third-order valence-electron chi connectivity index (χ3n) is 4.27. The van der Waals surface area contributed by atoms with Gasteiger partial charge in [0.25, 0.3) is 11.8 Å². The van der Waals surface area contributed by atoms with Gasteiger partial charge >= 0.3 is 5.97 Å². The average molecular weight is 395 g/mol. The minimum Gasteiger partial charge on any atom is -0.485 e. The average Bonchev–Trinajstić information content (AvgIpc) is 3.19. The van der Waals surface area contributed by atoms with Crippen LogP contribution in [0.5, 0.6) is 11.5 Å². The van der Waals surface area contributed by atoms with Crippen LogP contribution >= 0.6 is 0 Å². The molecule has 1 aliphatic heterocycles. The molecule has 1 aliphatic rings. The van der Waals surface area contributed by atoms with Crippen molar-refractivity contribution >= 4 is 28.7 Å². The number of hydrogen-bond acceptors (Lipinski definition) is 6. The monoisotopic (exact) mass is 395 g/mol. The number of aromatic nitrogens is 1. The Morgan fingerprint density at radius 1 is 1.03 bits per heavy atom. The molecule has 148 valence electrons. The number of fused-ring (bicyclic) bond motifs is 2. The van der Waals surface area contributed by atoms with Gasteiger partial charge < -0.3 is 19.2 Å². The van der Waals surface area contributed by atoms with Crippen LogP contribution < -0.4 is 20.3 Å². The van der Waals surface area contributed by atoms with Crippen LogP contribution in [-0.4, -0.2) is 42.1 Å². The van der Waals surface area contributed by atoms with Crippen LogP contribution in [-0.2, 0) is 14.3 Å². The van der Waals surface area contributed by atoms with Gasteiger partial charge in [-0.2, -0.15) is 0 Å². The summed E-state index contributed by atoms with van der Waals surface area (Å²) in [5.41, 5.74) is 5.52. The molecule has 0 saturated carbocycles. The first-order chi connectivity index (χ1) is 14.1. The Morgan fingerprint density at radius 2 is 1.79 bits per heavy atom. The van der Waals surface area contributed by atoms with Crippen LogP contribution in [0.3, 0.4) is 0 Å². The Balaban J connectivity index is 1.25. The van der Waals surface area contributed by atoms with Crippen molar-refractivity contribution in [1.82, 2.24) is 15.8 Å². The maximum Gasteiger partial charge on any atom is 0.340 e. The van der Waals surface area contributed by atoms with E-state index in [2.05, 4.69) is 15.8 Å². The number of aromatic amines is 1. The number of rotatable bonds is 4. The highest BCUT2D eigenvalue weighted by Gasteiger charge is 2.27. The molecule has 1 aromatic heterocycles. The minimum absolute atomic E-state index is 0.00820. The summed E-state index contributed by atoms with van der Waals surface area (Å²) in [6.07, 6.45) is 0.601. The fourth-order valence-corrected chi connectivity index (χ4v) is 2.85. The largest absolute Gasteiger partial charge is 0.485 e. The zero-order valence-corrected chi connectivity index (χ0v) is 15.1. The van der Waals surface area contributed by atoms with E-state index in [1.807, 2.05) is 12.1 Å². The van der Waals surface area contributed by atoms with Crippen molar-refractivity contribution in [2.45, 2.75) is 6.10 Å². The maximum absolute atomic E-state index is 12.2. The summed E-state index contributed by atoms with van der Waals surface area (Å²) in [4.78, 5) is 39.2. The molecule has 0 aliphatic carbocycles. The number of esters is 1. The van der Waals surface area contributed by atoms with E-state index in [1.165, 1.54) is 6.20 Å². The first-order valence-electron chi connectivity index (χ1n) is 8.82. The molecule has 4 rings (SSSR count). The Morgan fingerprint density at radius 3 is 2.66 bits per heavy atom. The topological polar surface area (TPSA) is 119 Å². The minimum atomic E-state index is -0.918.